The van der Waals surface area contributed by atoms with E-state index in [2.05, 4.69) is 5.32 Å². The van der Waals surface area contributed by atoms with Crippen molar-refractivity contribution < 1.29 is 56.7 Å². The number of aryl methyl sites for hydroxylation is 1. The Kier molecular flexibility index (Phi) is 12.3. The second-order valence-corrected chi connectivity index (χ2v) is 7.62. The number of benzene rings is 2. The molecule has 0 aromatic heterocycles. The molecule has 8 nitrogen and oxygen atoms in total. The molecule has 34 heavy (non-hydrogen) atoms. The summed E-state index contributed by atoms with van der Waals surface area (Å²) < 4.78 is 14.2. The third-order valence-corrected chi connectivity index (χ3v) is 5.63. The molecule has 3 amide bonds. The van der Waals surface area contributed by atoms with Crippen LogP contribution in [0.5, 0.6) is 0 Å². The van der Waals surface area contributed by atoms with E-state index >= 15 is 0 Å². The quantitative estimate of drug-likeness (QED) is 0.370. The SMILES string of the molecule is CC.Cc1cc(NO)ccc1Cl.[NH-]Cc1ccc2c(c1F)CN(C1CCC(=O)NC1=O)C2=O.[Y]. The monoisotopic (exact) mass is 566 g/mol. The topological polar surface area (TPSA) is 123 Å². The number of hydrogen-bond donors (Lipinski definition) is 3. The minimum absolute atomic E-state index is 0. The summed E-state index contributed by atoms with van der Waals surface area (Å²) in [6.45, 7) is 5.68. The van der Waals surface area contributed by atoms with Crippen molar-refractivity contribution in [1.82, 2.24) is 10.2 Å². The van der Waals surface area contributed by atoms with Crippen molar-refractivity contribution in [3.05, 3.63) is 69.2 Å². The average Bonchev–Trinajstić information content (AvgIpc) is 3.15. The van der Waals surface area contributed by atoms with E-state index in [0.29, 0.717) is 10.7 Å². The summed E-state index contributed by atoms with van der Waals surface area (Å²) in [7, 11) is 0. The average molecular weight is 567 g/mol. The Morgan fingerprint density at radius 3 is 2.47 bits per heavy atom. The first-order valence-corrected chi connectivity index (χ1v) is 10.9. The molecular weight excluding hydrogens is 540 g/mol. The van der Waals surface area contributed by atoms with E-state index in [9.17, 15) is 18.8 Å². The van der Waals surface area contributed by atoms with Gasteiger partial charge in [0.25, 0.3) is 5.91 Å². The predicted molar refractivity (Wildman–Crippen MR) is 123 cm³/mol. The maximum Gasteiger partial charge on any atom is 0.255 e. The fourth-order valence-electron chi connectivity index (χ4n) is 3.50. The maximum absolute atomic E-state index is 14.2. The van der Waals surface area contributed by atoms with Gasteiger partial charge in [-0.15, -0.1) is 6.54 Å². The van der Waals surface area contributed by atoms with Crippen molar-refractivity contribution in [2.75, 3.05) is 5.48 Å². The predicted octanol–water partition coefficient (Wildman–Crippen LogP) is 4.61. The van der Waals surface area contributed by atoms with Crippen LogP contribution in [0.3, 0.4) is 0 Å². The molecule has 2 heterocycles. The summed E-state index contributed by atoms with van der Waals surface area (Å²) in [5.41, 5.74) is 11.6. The molecular formula is C23H27ClFN4O4Y-. The van der Waals surface area contributed by atoms with Crippen LogP contribution in [0, 0.1) is 12.7 Å². The number of piperidine rings is 1. The Balaban J connectivity index is 0.000000377. The number of imide groups is 1. The van der Waals surface area contributed by atoms with Crippen LogP contribution in [0.25, 0.3) is 5.73 Å². The van der Waals surface area contributed by atoms with Crippen molar-refractivity contribution in [1.29, 1.82) is 0 Å². The van der Waals surface area contributed by atoms with E-state index in [1.54, 1.807) is 18.2 Å². The third kappa shape index (κ3) is 6.82. The van der Waals surface area contributed by atoms with Gasteiger partial charge in [-0.25, -0.2) is 4.39 Å². The molecule has 2 aliphatic heterocycles. The summed E-state index contributed by atoms with van der Waals surface area (Å²) >= 11 is 5.73. The van der Waals surface area contributed by atoms with Crippen LogP contribution in [-0.2, 0) is 55.4 Å². The Hall–Kier alpha value is -1.91. The summed E-state index contributed by atoms with van der Waals surface area (Å²) in [5, 5.41) is 11.4. The van der Waals surface area contributed by atoms with Gasteiger partial charge in [-0.3, -0.25) is 30.4 Å². The number of carbonyl (C=O) groups is 3. The van der Waals surface area contributed by atoms with Gasteiger partial charge in [0.1, 0.15) is 11.9 Å². The molecule has 1 saturated heterocycles. The first-order chi connectivity index (χ1) is 15.8. The van der Waals surface area contributed by atoms with Crippen molar-refractivity contribution in [3.63, 3.8) is 0 Å². The maximum atomic E-state index is 14.2. The fourth-order valence-corrected chi connectivity index (χ4v) is 3.62. The van der Waals surface area contributed by atoms with E-state index in [1.807, 2.05) is 26.3 Å². The van der Waals surface area contributed by atoms with E-state index < -0.39 is 23.7 Å². The Morgan fingerprint density at radius 1 is 1.24 bits per heavy atom. The molecule has 4 N–H and O–H groups in total. The van der Waals surface area contributed by atoms with Crippen LogP contribution < -0.4 is 10.8 Å². The molecule has 0 aliphatic carbocycles. The first kappa shape index (κ1) is 30.1. The number of rotatable bonds is 3. The molecule has 0 bridgehead atoms. The largest absolute Gasteiger partial charge is 0.674 e. The summed E-state index contributed by atoms with van der Waals surface area (Å²) in [5.74, 6) is -1.84. The van der Waals surface area contributed by atoms with E-state index in [1.165, 1.54) is 17.0 Å². The van der Waals surface area contributed by atoms with Crippen LogP contribution >= 0.6 is 11.6 Å². The van der Waals surface area contributed by atoms with E-state index in [-0.39, 0.29) is 81.2 Å². The zero-order valence-corrected chi connectivity index (χ0v) is 22.8. The van der Waals surface area contributed by atoms with Crippen molar-refractivity contribution in [2.24, 2.45) is 0 Å². The molecule has 11 heteroatoms. The summed E-state index contributed by atoms with van der Waals surface area (Å²) in [6.07, 6.45) is 0.411. The number of anilines is 1. The number of nitrogens with one attached hydrogen (secondary N) is 3. The summed E-state index contributed by atoms with van der Waals surface area (Å²) in [4.78, 5) is 36.6. The minimum atomic E-state index is -0.749. The van der Waals surface area contributed by atoms with Crippen molar-refractivity contribution >= 4 is 35.0 Å². The molecule has 2 aromatic carbocycles. The molecule has 181 valence electrons. The zero-order valence-electron chi connectivity index (χ0n) is 19.2. The van der Waals surface area contributed by atoms with Crippen LogP contribution in [0.4, 0.5) is 10.1 Å². The third-order valence-electron chi connectivity index (χ3n) is 5.21. The van der Waals surface area contributed by atoms with Gasteiger partial charge in [0.15, 0.2) is 0 Å². The van der Waals surface area contributed by atoms with Gasteiger partial charge in [0.2, 0.25) is 11.8 Å². The number of carbonyl (C=O) groups excluding carboxylic acids is 3. The minimum Gasteiger partial charge on any atom is -0.674 e. The number of hydrogen-bond acceptors (Lipinski definition) is 5. The van der Waals surface area contributed by atoms with Crippen LogP contribution in [0.15, 0.2) is 30.3 Å². The smallest absolute Gasteiger partial charge is 0.255 e. The van der Waals surface area contributed by atoms with E-state index in [4.69, 9.17) is 22.5 Å². The van der Waals surface area contributed by atoms with Gasteiger partial charge >= 0.3 is 0 Å². The van der Waals surface area contributed by atoms with Gasteiger partial charge in [-0.2, -0.15) is 0 Å². The van der Waals surface area contributed by atoms with Gasteiger partial charge in [0, 0.05) is 55.3 Å². The van der Waals surface area contributed by atoms with Gasteiger partial charge in [0.05, 0.1) is 12.2 Å². The molecule has 1 radical (unpaired) electrons. The Bertz CT molecular complexity index is 1050. The van der Waals surface area contributed by atoms with E-state index in [0.717, 1.165) is 5.56 Å². The molecule has 2 aliphatic rings. The molecule has 0 spiro atoms. The number of fused-ring (bicyclic) bond motifs is 1. The standard InChI is InChI=1S/C14H13FN3O3.C7H8ClNO.C2H6.Y/c15-12-7(5-16)1-2-8-9(12)6-18(14(8)21)10-3-4-11(19)17-13(10)20;1-5-4-6(9-10)2-3-7(5)8;1-2;/h1-2,10,16H,3-6H2,(H,17,19,20);2-4,9-10H,1H3;1-2H3;/q-1;;;. The molecule has 1 atom stereocenters. The van der Waals surface area contributed by atoms with Crippen LogP contribution in [-0.4, -0.2) is 33.9 Å². The van der Waals surface area contributed by atoms with Crippen molar-refractivity contribution in [3.8, 4) is 0 Å². The van der Waals surface area contributed by atoms with Crippen molar-refractivity contribution in [2.45, 2.75) is 52.7 Å². The molecule has 2 aromatic rings. The van der Waals surface area contributed by atoms with Crippen LogP contribution in [0.2, 0.25) is 5.02 Å². The molecule has 0 saturated carbocycles. The van der Waals surface area contributed by atoms with Gasteiger partial charge < -0.3 is 10.6 Å². The molecule has 1 fully saturated rings. The number of nitrogens with zero attached hydrogens (tertiary/aromatic N) is 1. The molecule has 1 unspecified atom stereocenters. The van der Waals surface area contributed by atoms with Gasteiger partial charge in [-0.1, -0.05) is 31.5 Å². The summed E-state index contributed by atoms with van der Waals surface area (Å²) in [6, 6.07) is 7.37. The fraction of sp³-hybridized carbons (Fsp3) is 0.348. The Morgan fingerprint density at radius 2 is 1.91 bits per heavy atom. The Labute approximate surface area is 228 Å². The number of halogens is 2. The molecule has 4 rings (SSSR count). The second-order valence-electron chi connectivity index (χ2n) is 7.22. The second kappa shape index (κ2) is 13.8. The zero-order chi connectivity index (χ0) is 24.7. The first-order valence-electron chi connectivity index (χ1n) is 10.5. The normalized spacial score (nSPS) is 16.3. The van der Waals surface area contributed by atoms with Gasteiger partial charge in [-0.05, 0) is 48.7 Å². The van der Waals surface area contributed by atoms with Crippen LogP contribution in [0.1, 0.15) is 53.7 Å². The number of amides is 3.